The maximum Gasteiger partial charge on any atom is 0.253 e. The second kappa shape index (κ2) is 8.45. The predicted molar refractivity (Wildman–Crippen MR) is 91.7 cm³/mol. The first-order valence-corrected chi connectivity index (χ1v) is 10.0. The van der Waals surface area contributed by atoms with Gasteiger partial charge in [0.1, 0.15) is 0 Å². The fraction of sp³-hybridized carbons (Fsp3) is 0.588. The van der Waals surface area contributed by atoms with Gasteiger partial charge < -0.3 is 4.90 Å². The summed E-state index contributed by atoms with van der Waals surface area (Å²) in [5, 5.41) is 0. The van der Waals surface area contributed by atoms with Crippen LogP contribution in [0.25, 0.3) is 0 Å². The Morgan fingerprint density at radius 1 is 1.22 bits per heavy atom. The third-order valence-electron chi connectivity index (χ3n) is 4.08. The summed E-state index contributed by atoms with van der Waals surface area (Å²) < 4.78 is 26.3. The van der Waals surface area contributed by atoms with E-state index in [9.17, 15) is 13.2 Å². The van der Waals surface area contributed by atoms with Gasteiger partial charge >= 0.3 is 0 Å². The number of nitrogens with zero attached hydrogens (tertiary/aromatic N) is 1. The molecule has 1 aliphatic rings. The lowest BCUT2D eigenvalue weighted by molar-refractivity contribution is 0.0724. The third kappa shape index (κ3) is 5.62. The number of benzene rings is 1. The number of piperidine rings is 1. The second-order valence-corrected chi connectivity index (χ2v) is 7.97. The number of likely N-dealkylation sites (tertiary alicyclic amines) is 1. The molecule has 23 heavy (non-hydrogen) atoms. The van der Waals surface area contributed by atoms with Gasteiger partial charge in [-0.1, -0.05) is 25.5 Å². The largest absolute Gasteiger partial charge is 0.339 e. The highest BCUT2D eigenvalue weighted by Crippen LogP contribution is 2.14. The van der Waals surface area contributed by atoms with Crippen molar-refractivity contribution in [3.8, 4) is 0 Å². The number of unbranched alkanes of at least 4 members (excludes halogenated alkanes) is 1. The van der Waals surface area contributed by atoms with Crippen LogP contribution in [0, 0.1) is 0 Å². The summed E-state index contributed by atoms with van der Waals surface area (Å²) in [5.74, 6) is 0.191. The van der Waals surface area contributed by atoms with Crippen molar-refractivity contribution in [3.63, 3.8) is 0 Å². The minimum Gasteiger partial charge on any atom is -0.339 e. The lowest BCUT2D eigenvalue weighted by Gasteiger charge is -2.26. The first kappa shape index (κ1) is 17.9. The van der Waals surface area contributed by atoms with E-state index < -0.39 is 10.0 Å². The molecule has 1 fully saturated rings. The molecule has 1 N–H and O–H groups in total. The zero-order valence-electron chi connectivity index (χ0n) is 13.8. The lowest BCUT2D eigenvalue weighted by atomic mass is 10.1. The van der Waals surface area contributed by atoms with E-state index in [-0.39, 0.29) is 18.2 Å². The molecule has 6 heteroatoms. The van der Waals surface area contributed by atoms with Crippen molar-refractivity contribution in [2.24, 2.45) is 0 Å². The average Bonchev–Trinajstić information content (AvgIpc) is 2.59. The van der Waals surface area contributed by atoms with E-state index in [2.05, 4.69) is 4.72 Å². The van der Waals surface area contributed by atoms with E-state index in [0.717, 1.165) is 37.9 Å². The molecule has 0 atom stereocenters. The van der Waals surface area contributed by atoms with Crippen LogP contribution < -0.4 is 4.72 Å². The van der Waals surface area contributed by atoms with Crippen LogP contribution in [0.1, 0.15) is 54.9 Å². The Morgan fingerprint density at radius 2 is 1.96 bits per heavy atom. The maximum atomic E-state index is 12.5. The quantitative estimate of drug-likeness (QED) is 0.831. The molecule has 0 bridgehead atoms. The van der Waals surface area contributed by atoms with E-state index in [1.807, 2.05) is 24.0 Å². The molecule has 0 radical (unpaired) electrons. The highest BCUT2D eigenvalue weighted by atomic mass is 32.2. The summed E-state index contributed by atoms with van der Waals surface area (Å²) in [6.45, 7) is 3.82. The number of sulfonamides is 1. The monoisotopic (exact) mass is 338 g/mol. The molecule has 1 amide bonds. The van der Waals surface area contributed by atoms with Gasteiger partial charge in [0.2, 0.25) is 10.0 Å². The van der Waals surface area contributed by atoms with E-state index in [0.29, 0.717) is 12.0 Å². The van der Waals surface area contributed by atoms with Gasteiger partial charge in [0, 0.05) is 25.2 Å². The summed E-state index contributed by atoms with van der Waals surface area (Å²) in [6.07, 6.45) is 4.80. The maximum absolute atomic E-state index is 12.5. The average molecular weight is 338 g/mol. The van der Waals surface area contributed by atoms with Crippen LogP contribution in [0.5, 0.6) is 0 Å². The Morgan fingerprint density at radius 3 is 2.65 bits per heavy atom. The van der Waals surface area contributed by atoms with Crippen molar-refractivity contribution in [2.45, 2.75) is 45.6 Å². The van der Waals surface area contributed by atoms with Crippen molar-refractivity contribution >= 4 is 15.9 Å². The molecule has 1 saturated heterocycles. The van der Waals surface area contributed by atoms with Crippen LogP contribution in [0.15, 0.2) is 24.3 Å². The van der Waals surface area contributed by atoms with Crippen LogP contribution >= 0.6 is 0 Å². The number of rotatable bonds is 7. The minimum atomic E-state index is -3.24. The van der Waals surface area contributed by atoms with Gasteiger partial charge in [0.25, 0.3) is 5.91 Å². The molecular formula is C17H26N2O3S. The summed E-state index contributed by atoms with van der Waals surface area (Å²) in [7, 11) is -3.24. The van der Waals surface area contributed by atoms with Gasteiger partial charge in [0.15, 0.2) is 0 Å². The van der Waals surface area contributed by atoms with Gasteiger partial charge in [-0.25, -0.2) is 13.1 Å². The number of hydrogen-bond acceptors (Lipinski definition) is 3. The van der Waals surface area contributed by atoms with Crippen LogP contribution in [-0.4, -0.2) is 38.1 Å². The zero-order chi connectivity index (χ0) is 16.7. The van der Waals surface area contributed by atoms with Crippen LogP contribution in [-0.2, 0) is 16.6 Å². The van der Waals surface area contributed by atoms with Crippen molar-refractivity contribution in [2.75, 3.05) is 18.8 Å². The minimum absolute atomic E-state index is 0.0420. The molecule has 0 saturated carbocycles. The Labute approximate surface area is 139 Å². The predicted octanol–water partition coefficient (Wildman–Crippen LogP) is 2.53. The van der Waals surface area contributed by atoms with E-state index in [4.69, 9.17) is 0 Å². The lowest BCUT2D eigenvalue weighted by Crippen LogP contribution is -2.35. The molecule has 1 aromatic carbocycles. The topological polar surface area (TPSA) is 66.5 Å². The number of hydrogen-bond donors (Lipinski definition) is 1. The molecule has 0 spiro atoms. The second-order valence-electron chi connectivity index (χ2n) is 6.05. The molecule has 1 aromatic rings. The Kier molecular flexibility index (Phi) is 6.59. The molecule has 0 aliphatic carbocycles. The van der Waals surface area contributed by atoms with Crippen molar-refractivity contribution in [3.05, 3.63) is 35.4 Å². The highest BCUT2D eigenvalue weighted by molar-refractivity contribution is 7.89. The normalized spacial score (nSPS) is 15.6. The molecule has 2 rings (SSSR count). The zero-order valence-corrected chi connectivity index (χ0v) is 14.6. The first-order valence-electron chi connectivity index (χ1n) is 8.37. The summed E-state index contributed by atoms with van der Waals surface area (Å²) in [6, 6.07) is 7.24. The van der Waals surface area contributed by atoms with Gasteiger partial charge in [-0.3, -0.25) is 4.79 Å². The molecule has 0 aromatic heterocycles. The molecule has 1 heterocycles. The molecule has 1 aliphatic heterocycles. The Hall–Kier alpha value is -1.40. The van der Waals surface area contributed by atoms with Gasteiger partial charge in [0.05, 0.1) is 5.75 Å². The Bertz CT molecular complexity index is 622. The van der Waals surface area contributed by atoms with Gasteiger partial charge in [-0.2, -0.15) is 0 Å². The molecular weight excluding hydrogens is 312 g/mol. The van der Waals surface area contributed by atoms with Crippen molar-refractivity contribution < 1.29 is 13.2 Å². The van der Waals surface area contributed by atoms with E-state index in [1.165, 1.54) is 6.42 Å². The Balaban J connectivity index is 1.98. The SMILES string of the molecule is CCCCS(=O)(=O)NCc1cccc(C(=O)N2CCCCC2)c1. The summed E-state index contributed by atoms with van der Waals surface area (Å²) in [5.41, 5.74) is 1.45. The van der Waals surface area contributed by atoms with Crippen molar-refractivity contribution in [1.82, 2.24) is 9.62 Å². The van der Waals surface area contributed by atoms with E-state index >= 15 is 0 Å². The number of carbonyl (C=O) groups excluding carboxylic acids is 1. The van der Waals surface area contributed by atoms with E-state index in [1.54, 1.807) is 12.1 Å². The summed E-state index contributed by atoms with van der Waals surface area (Å²) >= 11 is 0. The fourth-order valence-electron chi connectivity index (χ4n) is 2.69. The van der Waals surface area contributed by atoms with Crippen molar-refractivity contribution in [1.29, 1.82) is 0 Å². The van der Waals surface area contributed by atoms with Crippen LogP contribution in [0.4, 0.5) is 0 Å². The summed E-state index contributed by atoms with van der Waals surface area (Å²) in [4.78, 5) is 14.4. The number of carbonyl (C=O) groups is 1. The fourth-order valence-corrected chi connectivity index (χ4v) is 3.89. The standard InChI is InChI=1S/C17H26N2O3S/c1-2-3-12-23(21,22)18-14-15-8-7-9-16(13-15)17(20)19-10-5-4-6-11-19/h7-9,13,18H,2-6,10-12,14H2,1H3. The smallest absolute Gasteiger partial charge is 0.253 e. The first-order chi connectivity index (χ1) is 11.0. The van der Waals surface area contributed by atoms with Crippen LogP contribution in [0.3, 0.4) is 0 Å². The van der Waals surface area contributed by atoms with Gasteiger partial charge in [-0.15, -0.1) is 0 Å². The number of amides is 1. The molecule has 128 valence electrons. The molecule has 5 nitrogen and oxygen atoms in total. The van der Waals surface area contributed by atoms with Crippen LogP contribution in [0.2, 0.25) is 0 Å². The van der Waals surface area contributed by atoms with Gasteiger partial charge in [-0.05, 0) is 43.4 Å². The number of nitrogens with one attached hydrogen (secondary N) is 1. The highest BCUT2D eigenvalue weighted by Gasteiger charge is 2.18. The molecule has 0 unspecified atom stereocenters. The third-order valence-corrected chi connectivity index (χ3v) is 5.49.